The molecule has 1 aromatic rings. The fourth-order valence-corrected chi connectivity index (χ4v) is 2.97. The van der Waals surface area contributed by atoms with Gasteiger partial charge in [-0.05, 0) is 19.3 Å². The third-order valence-corrected chi connectivity index (χ3v) is 4.46. The van der Waals surface area contributed by atoms with Gasteiger partial charge in [0.2, 0.25) is 0 Å². The Morgan fingerprint density at radius 1 is 1.44 bits per heavy atom. The van der Waals surface area contributed by atoms with Gasteiger partial charge in [-0.1, -0.05) is 20.8 Å². The van der Waals surface area contributed by atoms with Crippen LogP contribution in [-0.4, -0.2) is 24.2 Å². The van der Waals surface area contributed by atoms with Crippen LogP contribution in [0.5, 0.6) is 0 Å². The van der Waals surface area contributed by atoms with E-state index in [1.807, 2.05) is 0 Å². The molecule has 3 nitrogen and oxygen atoms in total. The molecule has 1 atom stereocenters. The fourth-order valence-electron chi connectivity index (χ4n) is 2.06. The van der Waals surface area contributed by atoms with Crippen LogP contribution >= 0.6 is 11.3 Å². The zero-order valence-corrected chi connectivity index (χ0v) is 12.5. The number of nitrogens with zero attached hydrogens (tertiary/aromatic N) is 1. The summed E-state index contributed by atoms with van der Waals surface area (Å²) >= 11 is 1.76. The number of rotatable bonds is 4. The first-order chi connectivity index (χ1) is 8.55. The molecule has 4 heteroatoms. The third kappa shape index (κ3) is 4.04. The predicted octanol–water partition coefficient (Wildman–Crippen LogP) is 3.10. The van der Waals surface area contributed by atoms with E-state index in [1.165, 1.54) is 24.3 Å². The molecule has 1 unspecified atom stereocenters. The smallest absolute Gasteiger partial charge is 0.0982 e. The third-order valence-electron chi connectivity index (χ3n) is 3.15. The molecule has 0 spiro atoms. The summed E-state index contributed by atoms with van der Waals surface area (Å²) in [5.74, 6) is 0. The molecule has 18 heavy (non-hydrogen) atoms. The lowest BCUT2D eigenvalue weighted by molar-refractivity contribution is 0.0167. The standard InChI is InChI=1S/C14H24N2OS/c1-14(2,3)13-16-11(10-18-13)8-15-9-12-6-4-5-7-17-12/h10,12,15H,4-9H2,1-3H3. The topological polar surface area (TPSA) is 34.2 Å². The van der Waals surface area contributed by atoms with Crippen molar-refractivity contribution in [2.24, 2.45) is 0 Å². The second-order valence-electron chi connectivity index (χ2n) is 6.01. The maximum absolute atomic E-state index is 5.70. The molecule has 1 aromatic heterocycles. The van der Waals surface area contributed by atoms with Gasteiger partial charge in [-0.2, -0.15) is 0 Å². The summed E-state index contributed by atoms with van der Waals surface area (Å²) in [4.78, 5) is 4.68. The van der Waals surface area contributed by atoms with Crippen molar-refractivity contribution in [2.45, 2.75) is 58.1 Å². The van der Waals surface area contributed by atoms with Crippen LogP contribution < -0.4 is 5.32 Å². The molecule has 2 heterocycles. The number of hydrogen-bond acceptors (Lipinski definition) is 4. The molecular formula is C14H24N2OS. The largest absolute Gasteiger partial charge is 0.377 e. The summed E-state index contributed by atoms with van der Waals surface area (Å²) in [6, 6.07) is 0. The molecule has 1 fully saturated rings. The molecule has 102 valence electrons. The van der Waals surface area contributed by atoms with Gasteiger partial charge in [0.1, 0.15) is 0 Å². The quantitative estimate of drug-likeness (QED) is 0.911. The first kappa shape index (κ1) is 14.0. The lowest BCUT2D eigenvalue weighted by atomic mass is 9.98. The van der Waals surface area contributed by atoms with Crippen LogP contribution in [0.25, 0.3) is 0 Å². The van der Waals surface area contributed by atoms with Gasteiger partial charge in [-0.3, -0.25) is 0 Å². The van der Waals surface area contributed by atoms with E-state index in [0.29, 0.717) is 6.10 Å². The molecule has 0 bridgehead atoms. The van der Waals surface area contributed by atoms with Crippen LogP contribution in [0.1, 0.15) is 50.7 Å². The molecule has 2 rings (SSSR count). The highest BCUT2D eigenvalue weighted by Gasteiger charge is 2.18. The minimum atomic E-state index is 0.162. The Kier molecular flexibility index (Phi) is 4.76. The highest BCUT2D eigenvalue weighted by molar-refractivity contribution is 7.09. The van der Waals surface area contributed by atoms with Gasteiger partial charge in [0, 0.05) is 30.5 Å². The minimum Gasteiger partial charge on any atom is -0.377 e. The van der Waals surface area contributed by atoms with Crippen molar-refractivity contribution < 1.29 is 4.74 Å². The average molecular weight is 268 g/mol. The van der Waals surface area contributed by atoms with Gasteiger partial charge in [0.15, 0.2) is 0 Å². The van der Waals surface area contributed by atoms with Crippen LogP contribution in [0, 0.1) is 0 Å². The minimum absolute atomic E-state index is 0.162. The predicted molar refractivity (Wildman–Crippen MR) is 76.1 cm³/mol. The van der Waals surface area contributed by atoms with Crippen molar-refractivity contribution >= 4 is 11.3 Å². The Balaban J connectivity index is 1.74. The van der Waals surface area contributed by atoms with Crippen molar-refractivity contribution in [3.8, 4) is 0 Å². The summed E-state index contributed by atoms with van der Waals surface area (Å²) in [6.45, 7) is 9.35. The molecule has 0 aliphatic carbocycles. The molecule has 0 saturated carbocycles. The number of hydrogen-bond donors (Lipinski definition) is 1. The Hall–Kier alpha value is -0.450. The van der Waals surface area contributed by atoms with E-state index in [4.69, 9.17) is 4.74 Å². The summed E-state index contributed by atoms with van der Waals surface area (Å²) in [7, 11) is 0. The zero-order chi connectivity index (χ0) is 13.0. The maximum atomic E-state index is 5.70. The Bertz CT molecular complexity index is 364. The summed E-state index contributed by atoms with van der Waals surface area (Å²) < 4.78 is 5.70. The van der Waals surface area contributed by atoms with Gasteiger partial charge < -0.3 is 10.1 Å². The number of nitrogens with one attached hydrogen (secondary N) is 1. The monoisotopic (exact) mass is 268 g/mol. The lowest BCUT2D eigenvalue weighted by Gasteiger charge is -2.22. The van der Waals surface area contributed by atoms with Crippen LogP contribution in [0.2, 0.25) is 0 Å². The van der Waals surface area contributed by atoms with Gasteiger partial charge in [-0.25, -0.2) is 4.98 Å². The Morgan fingerprint density at radius 2 is 2.28 bits per heavy atom. The normalized spacial score (nSPS) is 21.2. The summed E-state index contributed by atoms with van der Waals surface area (Å²) in [5.41, 5.74) is 1.32. The van der Waals surface area contributed by atoms with Crippen molar-refractivity contribution in [1.29, 1.82) is 0 Å². The molecule has 0 amide bonds. The molecule has 1 aliphatic heterocycles. The number of thiazole rings is 1. The SMILES string of the molecule is CC(C)(C)c1nc(CNCC2CCCCO2)cs1. The van der Waals surface area contributed by atoms with Crippen molar-refractivity contribution in [3.63, 3.8) is 0 Å². The van der Waals surface area contributed by atoms with E-state index in [0.717, 1.165) is 25.4 Å². The van der Waals surface area contributed by atoms with Crippen molar-refractivity contribution in [1.82, 2.24) is 10.3 Å². The van der Waals surface area contributed by atoms with Gasteiger partial charge in [-0.15, -0.1) is 11.3 Å². The van der Waals surface area contributed by atoms with Crippen molar-refractivity contribution in [2.75, 3.05) is 13.2 Å². The number of aromatic nitrogens is 1. The molecule has 1 aliphatic rings. The molecule has 1 N–H and O–H groups in total. The lowest BCUT2D eigenvalue weighted by Crippen LogP contribution is -2.31. The van der Waals surface area contributed by atoms with E-state index in [-0.39, 0.29) is 5.41 Å². The van der Waals surface area contributed by atoms with E-state index in [9.17, 15) is 0 Å². The fraction of sp³-hybridized carbons (Fsp3) is 0.786. The highest BCUT2D eigenvalue weighted by atomic mass is 32.1. The van der Waals surface area contributed by atoms with Gasteiger partial charge in [0.05, 0.1) is 16.8 Å². The van der Waals surface area contributed by atoms with Crippen molar-refractivity contribution in [3.05, 3.63) is 16.1 Å². The highest BCUT2D eigenvalue weighted by Crippen LogP contribution is 2.25. The average Bonchev–Trinajstić information content (AvgIpc) is 2.79. The summed E-state index contributed by atoms with van der Waals surface area (Å²) in [6.07, 6.45) is 4.12. The van der Waals surface area contributed by atoms with E-state index >= 15 is 0 Å². The first-order valence-electron chi connectivity index (χ1n) is 6.83. The molecule has 1 saturated heterocycles. The van der Waals surface area contributed by atoms with Crippen LogP contribution in [-0.2, 0) is 16.7 Å². The second-order valence-corrected chi connectivity index (χ2v) is 6.87. The van der Waals surface area contributed by atoms with Gasteiger partial charge >= 0.3 is 0 Å². The van der Waals surface area contributed by atoms with E-state index in [1.54, 1.807) is 11.3 Å². The van der Waals surface area contributed by atoms with E-state index in [2.05, 4.69) is 36.5 Å². The van der Waals surface area contributed by atoms with E-state index < -0.39 is 0 Å². The molecule has 0 aromatic carbocycles. The summed E-state index contributed by atoms with van der Waals surface area (Å²) in [5, 5.41) is 6.83. The Morgan fingerprint density at radius 3 is 2.89 bits per heavy atom. The van der Waals surface area contributed by atoms with Crippen LogP contribution in [0.15, 0.2) is 5.38 Å². The van der Waals surface area contributed by atoms with Gasteiger partial charge in [0.25, 0.3) is 0 Å². The second kappa shape index (κ2) is 6.13. The molecule has 0 radical (unpaired) electrons. The van der Waals surface area contributed by atoms with Crippen LogP contribution in [0.3, 0.4) is 0 Å². The Labute approximate surface area is 114 Å². The zero-order valence-electron chi connectivity index (χ0n) is 11.7. The number of ether oxygens (including phenoxy) is 1. The van der Waals surface area contributed by atoms with Crippen LogP contribution in [0.4, 0.5) is 0 Å². The molecular weight excluding hydrogens is 244 g/mol. The first-order valence-corrected chi connectivity index (χ1v) is 7.71. The maximum Gasteiger partial charge on any atom is 0.0982 e.